The predicted molar refractivity (Wildman–Crippen MR) is 79.2 cm³/mol. The zero-order chi connectivity index (χ0) is 15.0. The van der Waals surface area contributed by atoms with E-state index in [9.17, 15) is 9.59 Å². The van der Waals surface area contributed by atoms with Gasteiger partial charge in [-0.1, -0.05) is 30.4 Å². The highest BCUT2D eigenvalue weighted by atomic mass is 16.4. The molecule has 0 saturated heterocycles. The maximum atomic E-state index is 11.9. The quantitative estimate of drug-likeness (QED) is 0.577. The molecule has 0 amide bonds. The van der Waals surface area contributed by atoms with Crippen LogP contribution in [-0.2, 0) is 9.59 Å². The fourth-order valence-corrected chi connectivity index (χ4v) is 2.46. The van der Waals surface area contributed by atoms with Crippen molar-refractivity contribution in [3.05, 3.63) is 36.5 Å². The summed E-state index contributed by atoms with van der Waals surface area (Å²) in [5.74, 6) is -0.999. The number of carbonyl (C=O) groups is 2. The highest BCUT2D eigenvalue weighted by Gasteiger charge is 2.31. The largest absolute Gasteiger partial charge is 0.481 e. The number of carboxylic acids is 1. The third-order valence-electron chi connectivity index (χ3n) is 3.74. The summed E-state index contributed by atoms with van der Waals surface area (Å²) in [6, 6.07) is -0.517. The molecule has 0 bridgehead atoms. The highest BCUT2D eigenvalue weighted by molar-refractivity contribution is 5.94. The first kappa shape index (κ1) is 16.4. The third kappa shape index (κ3) is 5.13. The smallest absolute Gasteiger partial charge is 0.306 e. The molecule has 0 aromatic heterocycles. The SMILES string of the molecule is C/C=C/C=C/C=C/C(=O)C(N)[C@H]1CC[C@H](C(=O)O)CC1. The lowest BCUT2D eigenvalue weighted by Crippen LogP contribution is -2.39. The van der Waals surface area contributed by atoms with Gasteiger partial charge in [0.1, 0.15) is 0 Å². The maximum absolute atomic E-state index is 11.9. The number of carboxylic acid groups (broad SMARTS) is 1. The van der Waals surface area contributed by atoms with E-state index >= 15 is 0 Å². The second-order valence-corrected chi connectivity index (χ2v) is 5.15. The first-order chi connectivity index (χ1) is 9.56. The van der Waals surface area contributed by atoms with Crippen LogP contribution in [0, 0.1) is 11.8 Å². The lowest BCUT2D eigenvalue weighted by Gasteiger charge is -2.29. The molecule has 1 atom stereocenters. The Balaban J connectivity index is 2.44. The van der Waals surface area contributed by atoms with Gasteiger partial charge in [-0.2, -0.15) is 0 Å². The maximum Gasteiger partial charge on any atom is 0.306 e. The minimum absolute atomic E-state index is 0.0890. The number of aliphatic carboxylic acids is 1. The molecule has 4 heteroatoms. The lowest BCUT2D eigenvalue weighted by atomic mass is 9.77. The molecular formula is C16H23NO3. The number of carbonyl (C=O) groups excluding carboxylic acids is 1. The summed E-state index contributed by atoms with van der Waals surface area (Å²) in [7, 11) is 0. The van der Waals surface area contributed by atoms with Gasteiger partial charge in [0.2, 0.25) is 0 Å². The van der Waals surface area contributed by atoms with E-state index in [0.717, 1.165) is 0 Å². The standard InChI is InChI=1S/C16H23NO3/c1-2-3-4-5-6-7-14(18)15(17)12-8-10-13(11-9-12)16(19)20/h2-7,12-13,15H,8-11,17H2,1H3,(H,19,20)/b3-2+,5-4+,7-6+/t12-,13-,15?. The van der Waals surface area contributed by atoms with Crippen LogP contribution in [0.1, 0.15) is 32.6 Å². The van der Waals surface area contributed by atoms with Gasteiger partial charge in [-0.25, -0.2) is 0 Å². The Morgan fingerprint density at radius 3 is 2.25 bits per heavy atom. The summed E-state index contributed by atoms with van der Waals surface area (Å²) >= 11 is 0. The molecule has 0 radical (unpaired) electrons. The summed E-state index contributed by atoms with van der Waals surface area (Å²) in [6.45, 7) is 1.92. The van der Waals surface area contributed by atoms with Crippen molar-refractivity contribution in [1.29, 1.82) is 0 Å². The van der Waals surface area contributed by atoms with E-state index in [2.05, 4.69) is 0 Å². The fraction of sp³-hybridized carbons (Fsp3) is 0.500. The van der Waals surface area contributed by atoms with Crippen molar-refractivity contribution in [2.24, 2.45) is 17.6 Å². The van der Waals surface area contributed by atoms with E-state index in [4.69, 9.17) is 10.8 Å². The van der Waals surface area contributed by atoms with Crippen LogP contribution in [0.15, 0.2) is 36.5 Å². The van der Waals surface area contributed by atoms with Crippen LogP contribution in [0.25, 0.3) is 0 Å². The highest BCUT2D eigenvalue weighted by Crippen LogP contribution is 2.30. The van der Waals surface area contributed by atoms with Crippen molar-refractivity contribution in [2.75, 3.05) is 0 Å². The molecule has 3 N–H and O–H groups in total. The zero-order valence-corrected chi connectivity index (χ0v) is 11.9. The average molecular weight is 277 g/mol. The van der Waals surface area contributed by atoms with Gasteiger partial charge < -0.3 is 10.8 Å². The molecule has 0 aliphatic heterocycles. The van der Waals surface area contributed by atoms with Gasteiger partial charge in [0, 0.05) is 0 Å². The van der Waals surface area contributed by atoms with Crippen molar-refractivity contribution in [3.63, 3.8) is 0 Å². The zero-order valence-electron chi connectivity index (χ0n) is 11.9. The molecule has 1 rings (SSSR count). The van der Waals surface area contributed by atoms with Gasteiger partial charge in [-0.05, 0) is 44.6 Å². The number of hydrogen-bond donors (Lipinski definition) is 2. The first-order valence-electron chi connectivity index (χ1n) is 7.04. The molecule has 20 heavy (non-hydrogen) atoms. The minimum Gasteiger partial charge on any atom is -0.481 e. The summed E-state index contributed by atoms with van der Waals surface area (Å²) in [5, 5.41) is 8.94. The van der Waals surface area contributed by atoms with E-state index in [0.29, 0.717) is 25.7 Å². The van der Waals surface area contributed by atoms with Crippen molar-refractivity contribution < 1.29 is 14.7 Å². The Morgan fingerprint density at radius 1 is 1.10 bits per heavy atom. The Bertz CT molecular complexity index is 415. The Hall–Kier alpha value is -1.68. The van der Waals surface area contributed by atoms with Crippen molar-refractivity contribution in [1.82, 2.24) is 0 Å². The minimum atomic E-state index is -0.739. The van der Waals surface area contributed by atoms with Crippen molar-refractivity contribution >= 4 is 11.8 Å². The normalized spacial score (nSPS) is 25.5. The van der Waals surface area contributed by atoms with Gasteiger partial charge >= 0.3 is 5.97 Å². The molecule has 1 fully saturated rings. The summed E-state index contributed by atoms with van der Waals surface area (Å²) in [4.78, 5) is 22.8. The molecule has 1 aliphatic rings. The Morgan fingerprint density at radius 2 is 1.70 bits per heavy atom. The fourth-order valence-electron chi connectivity index (χ4n) is 2.46. The Labute approximate surface area is 120 Å². The number of ketones is 1. The van der Waals surface area contributed by atoms with Crippen LogP contribution in [-0.4, -0.2) is 22.9 Å². The molecular weight excluding hydrogens is 254 g/mol. The monoisotopic (exact) mass is 277 g/mol. The summed E-state index contributed by atoms with van der Waals surface area (Å²) in [6.07, 6.45) is 13.2. The first-order valence-corrected chi connectivity index (χ1v) is 7.04. The predicted octanol–water partition coefficient (Wildman–Crippen LogP) is 2.46. The molecule has 1 saturated carbocycles. The average Bonchev–Trinajstić information content (AvgIpc) is 2.46. The molecule has 0 spiro atoms. The van der Waals surface area contributed by atoms with Gasteiger partial charge in [-0.15, -0.1) is 0 Å². The summed E-state index contributed by atoms with van der Waals surface area (Å²) < 4.78 is 0. The molecule has 1 aliphatic carbocycles. The second kappa shape index (κ2) is 8.48. The van der Waals surface area contributed by atoms with Crippen LogP contribution < -0.4 is 5.73 Å². The van der Waals surface area contributed by atoms with Crippen LogP contribution in [0.3, 0.4) is 0 Å². The summed E-state index contributed by atoms with van der Waals surface area (Å²) in [5.41, 5.74) is 5.97. The van der Waals surface area contributed by atoms with Crippen molar-refractivity contribution in [2.45, 2.75) is 38.6 Å². The molecule has 0 heterocycles. The van der Waals surface area contributed by atoms with Gasteiger partial charge in [-0.3, -0.25) is 9.59 Å². The van der Waals surface area contributed by atoms with E-state index in [1.54, 1.807) is 12.2 Å². The van der Waals surface area contributed by atoms with Crippen molar-refractivity contribution in [3.8, 4) is 0 Å². The molecule has 0 aromatic carbocycles. The number of allylic oxidation sites excluding steroid dienone is 5. The van der Waals surface area contributed by atoms with E-state index in [-0.39, 0.29) is 17.6 Å². The third-order valence-corrected chi connectivity index (χ3v) is 3.74. The topological polar surface area (TPSA) is 80.4 Å². The van der Waals surface area contributed by atoms with Crippen LogP contribution in [0.5, 0.6) is 0 Å². The number of rotatable bonds is 6. The number of nitrogens with two attached hydrogens (primary N) is 1. The van der Waals surface area contributed by atoms with Crippen LogP contribution in [0.4, 0.5) is 0 Å². The Kier molecular flexibility index (Phi) is 6.94. The van der Waals surface area contributed by atoms with Gasteiger partial charge in [0.05, 0.1) is 12.0 Å². The molecule has 1 unspecified atom stereocenters. The molecule has 4 nitrogen and oxygen atoms in total. The van der Waals surface area contributed by atoms with E-state index < -0.39 is 12.0 Å². The van der Waals surface area contributed by atoms with E-state index in [1.807, 2.05) is 25.2 Å². The second-order valence-electron chi connectivity index (χ2n) is 5.15. The number of hydrogen-bond acceptors (Lipinski definition) is 3. The van der Waals surface area contributed by atoms with Crippen LogP contribution in [0.2, 0.25) is 0 Å². The molecule has 110 valence electrons. The lowest BCUT2D eigenvalue weighted by molar-refractivity contribution is -0.143. The molecule has 0 aromatic rings. The van der Waals surface area contributed by atoms with E-state index in [1.165, 1.54) is 6.08 Å². The van der Waals surface area contributed by atoms with Gasteiger partial charge in [0.15, 0.2) is 5.78 Å². The van der Waals surface area contributed by atoms with Gasteiger partial charge in [0.25, 0.3) is 0 Å². The van der Waals surface area contributed by atoms with Crippen LogP contribution >= 0.6 is 0 Å².